The van der Waals surface area contributed by atoms with E-state index in [2.05, 4.69) is 16.0 Å². The molecule has 1 radical (unpaired) electrons. The van der Waals surface area contributed by atoms with Crippen LogP contribution in [0.1, 0.15) is 51.2 Å². The maximum absolute atomic E-state index is 14.1. The number of likely N-dealkylation sites (tertiary alicyclic amines) is 1. The van der Waals surface area contributed by atoms with Gasteiger partial charge in [0.1, 0.15) is 6.04 Å². The molecule has 3 unspecified atom stereocenters. The van der Waals surface area contributed by atoms with E-state index in [-0.39, 0.29) is 82.9 Å². The van der Waals surface area contributed by atoms with Crippen molar-refractivity contribution >= 4 is 29.5 Å². The summed E-state index contributed by atoms with van der Waals surface area (Å²) in [4.78, 5) is 65.6. The van der Waals surface area contributed by atoms with Crippen molar-refractivity contribution in [3.05, 3.63) is 56.7 Å². The van der Waals surface area contributed by atoms with E-state index in [0.717, 1.165) is 11.1 Å². The van der Waals surface area contributed by atoms with Crippen LogP contribution >= 0.6 is 0 Å². The van der Waals surface area contributed by atoms with Crippen LogP contribution in [0, 0.1) is 63.7 Å². The Kier molecular flexibility index (Phi) is 17.7. The summed E-state index contributed by atoms with van der Waals surface area (Å²) < 4.78 is 43.9. The van der Waals surface area contributed by atoms with E-state index in [0.29, 0.717) is 12.8 Å². The number of nitrogens with one attached hydrogen (secondary N) is 3. The maximum atomic E-state index is 14.1. The van der Waals surface area contributed by atoms with Crippen molar-refractivity contribution in [1.29, 1.82) is 0 Å². The van der Waals surface area contributed by atoms with Crippen LogP contribution in [-0.4, -0.2) is 85.0 Å². The number of methoxy groups -OCH3 is 1. The summed E-state index contributed by atoms with van der Waals surface area (Å²) in [7, 11) is 1.51. The SMILES string of the molecule is COCC(NC(=O)N[C@H](C(=O)N1C[CH-]CC1C(=O)NC(CCC(F)(F)F)C(=O)C(N)=O)C1Cc2ccccc2C1)C(C)(C)C.[CH3-].[CH3-].[U+3]. The Balaban J connectivity index is 0.00000705. The first-order chi connectivity index (χ1) is 20.5. The standard InChI is InChI=1S/C30H41F3N5O6.2CH3.U/c1-29(2,3)22(16-44-4)36-28(43)37-23(19-14-17-8-5-6-9-18(17)15-19)27(42)38-13-7-10-21(38)26(41)35-20(24(39)25(34)40)11-12-30(31,32)33;;;/h5-9,19-23H,10-16H2,1-4H3,(H2,34,40)(H,35,41)(H2,36,37,43);2*1H3;/q3*-1;+3/t20?,21?,22?,23-;;;/m0.../s1. The Morgan fingerprint density at radius 1 is 1.02 bits per heavy atom. The predicted octanol–water partition coefficient (Wildman–Crippen LogP) is 2.72. The first-order valence-electron chi connectivity index (χ1n) is 14.5. The molecule has 47 heavy (non-hydrogen) atoms. The quantitative estimate of drug-likeness (QED) is 0.187. The van der Waals surface area contributed by atoms with E-state index in [1.807, 2.05) is 45.0 Å². The number of ether oxygens (including phenoxy) is 1. The van der Waals surface area contributed by atoms with Gasteiger partial charge in [0.25, 0.3) is 5.91 Å². The van der Waals surface area contributed by atoms with Crippen LogP contribution in [0.25, 0.3) is 0 Å². The summed E-state index contributed by atoms with van der Waals surface area (Å²) in [6.07, 6.45) is -4.27. The van der Waals surface area contributed by atoms with E-state index in [9.17, 15) is 37.1 Å². The van der Waals surface area contributed by atoms with Gasteiger partial charge in [0.15, 0.2) is 0 Å². The molecule has 1 aliphatic carbocycles. The first-order valence-corrected chi connectivity index (χ1v) is 14.5. The Bertz CT molecular complexity index is 1220. The number of nitrogens with two attached hydrogens (primary N) is 1. The van der Waals surface area contributed by atoms with Crippen LogP contribution in [0.15, 0.2) is 24.3 Å². The minimum absolute atomic E-state index is 0. The number of ketones is 1. The minimum atomic E-state index is -4.64. The molecule has 1 aromatic rings. The molecule has 1 fully saturated rings. The molecule has 0 bridgehead atoms. The molecule has 5 amide bonds. The number of carbonyl (C=O) groups is 5. The molecule has 4 atom stereocenters. The van der Waals surface area contributed by atoms with Crippen molar-refractivity contribution in [2.24, 2.45) is 17.1 Å². The van der Waals surface area contributed by atoms with Crippen LogP contribution in [-0.2, 0) is 36.8 Å². The summed E-state index contributed by atoms with van der Waals surface area (Å²) in [6.45, 7) is 6.05. The average Bonchev–Trinajstić information content (AvgIpc) is 3.59. The van der Waals surface area contributed by atoms with Gasteiger partial charge in [-0.25, -0.2) is 4.79 Å². The smallest absolute Gasteiger partial charge is 0.383 e. The van der Waals surface area contributed by atoms with Gasteiger partial charge in [0.2, 0.25) is 17.6 Å². The number of primary amides is 1. The number of rotatable bonds is 12. The molecule has 1 saturated heterocycles. The topological polar surface area (TPSA) is 160 Å². The van der Waals surface area contributed by atoms with Gasteiger partial charge in [0, 0.05) is 13.5 Å². The fourth-order valence-corrected chi connectivity index (χ4v) is 5.54. The molecule has 15 heteroatoms. The normalized spacial score (nSPS) is 17.9. The molecule has 1 aromatic carbocycles. The number of urea groups is 1. The Morgan fingerprint density at radius 2 is 1.60 bits per heavy atom. The van der Waals surface area contributed by atoms with Gasteiger partial charge in [-0.1, -0.05) is 45.0 Å². The molecule has 0 aromatic heterocycles. The van der Waals surface area contributed by atoms with Crippen LogP contribution < -0.4 is 21.7 Å². The Hall–Kier alpha value is -2.63. The molecule has 3 rings (SSSR count). The first kappa shape index (κ1) is 44.4. The number of hydrogen-bond donors (Lipinski definition) is 4. The molecular weight excluding hydrogens is 845 g/mol. The zero-order valence-corrected chi connectivity index (χ0v) is 32.0. The molecule has 0 spiro atoms. The molecule has 2 aliphatic rings. The third kappa shape index (κ3) is 12.4. The second kappa shape index (κ2) is 18.8. The largest absolute Gasteiger partial charge is 3.00 e. The maximum Gasteiger partial charge on any atom is 3.00 e. The third-order valence-electron chi connectivity index (χ3n) is 8.06. The van der Waals surface area contributed by atoms with E-state index in [1.54, 1.807) is 6.42 Å². The summed E-state index contributed by atoms with van der Waals surface area (Å²) in [5.41, 5.74) is 6.70. The number of benzene rings is 1. The van der Waals surface area contributed by atoms with Gasteiger partial charge in [-0.15, -0.1) is 13.0 Å². The van der Waals surface area contributed by atoms with Crippen LogP contribution in [0.4, 0.5) is 18.0 Å². The van der Waals surface area contributed by atoms with Crippen molar-refractivity contribution in [2.75, 3.05) is 20.3 Å². The monoisotopic (exact) mass is 892 g/mol. The Morgan fingerprint density at radius 3 is 2.09 bits per heavy atom. The summed E-state index contributed by atoms with van der Waals surface area (Å²) in [6, 6.07) is 2.63. The fraction of sp³-hybridized carbons (Fsp3) is 0.562. The Labute approximate surface area is 299 Å². The van der Waals surface area contributed by atoms with Crippen LogP contribution in [0.2, 0.25) is 0 Å². The molecular formula is C32H47F3N5O6U. The zero-order valence-electron chi connectivity index (χ0n) is 27.8. The van der Waals surface area contributed by atoms with Gasteiger partial charge in [-0.3, -0.25) is 19.2 Å². The number of amides is 5. The summed E-state index contributed by atoms with van der Waals surface area (Å²) in [5.74, 6) is -4.66. The van der Waals surface area contributed by atoms with Crippen molar-refractivity contribution in [3.8, 4) is 0 Å². The summed E-state index contributed by atoms with van der Waals surface area (Å²) in [5, 5.41) is 7.90. The average molecular weight is 893 g/mol. The number of Topliss-reactive ketones (excluding diaryl/α,β-unsaturated/α-hetero) is 1. The fourth-order valence-electron chi connectivity index (χ4n) is 5.54. The molecule has 0 saturated carbocycles. The zero-order chi connectivity index (χ0) is 32.8. The van der Waals surface area contributed by atoms with Crippen molar-refractivity contribution in [3.63, 3.8) is 0 Å². The molecule has 11 nitrogen and oxygen atoms in total. The van der Waals surface area contributed by atoms with E-state index < -0.39 is 66.7 Å². The second-order valence-corrected chi connectivity index (χ2v) is 12.4. The molecule has 261 valence electrons. The van der Waals surface area contributed by atoms with Crippen molar-refractivity contribution < 1.29 is 73.0 Å². The minimum Gasteiger partial charge on any atom is -0.383 e. The third-order valence-corrected chi connectivity index (χ3v) is 8.06. The van der Waals surface area contributed by atoms with Crippen LogP contribution in [0.3, 0.4) is 0 Å². The summed E-state index contributed by atoms with van der Waals surface area (Å²) >= 11 is 0. The number of fused-ring (bicyclic) bond motifs is 1. The number of alkyl halides is 3. The van der Waals surface area contributed by atoms with E-state index >= 15 is 0 Å². The number of halogens is 3. The number of hydrogen-bond acceptors (Lipinski definition) is 6. The van der Waals surface area contributed by atoms with Crippen molar-refractivity contribution in [2.45, 2.75) is 83.2 Å². The van der Waals surface area contributed by atoms with Crippen molar-refractivity contribution in [1.82, 2.24) is 20.9 Å². The number of nitrogens with zero attached hydrogens (tertiary/aromatic N) is 1. The molecule has 1 heterocycles. The molecule has 1 aliphatic heterocycles. The van der Waals surface area contributed by atoms with Gasteiger partial charge >= 0.3 is 43.3 Å². The molecule has 5 N–H and O–H groups in total. The van der Waals surface area contributed by atoms with E-state index in [1.165, 1.54) is 12.0 Å². The van der Waals surface area contributed by atoms with E-state index in [4.69, 9.17) is 10.5 Å². The van der Waals surface area contributed by atoms with Gasteiger partial charge in [0.05, 0.1) is 24.7 Å². The second-order valence-electron chi connectivity index (χ2n) is 12.4. The van der Waals surface area contributed by atoms with Gasteiger partial charge in [-0.05, 0) is 41.7 Å². The van der Waals surface area contributed by atoms with Gasteiger partial charge in [-0.2, -0.15) is 13.2 Å². The van der Waals surface area contributed by atoms with Gasteiger partial charge < -0.3 is 52.6 Å². The predicted molar refractivity (Wildman–Crippen MR) is 167 cm³/mol. The number of carbonyl (C=O) groups excluding carboxylic acids is 5. The van der Waals surface area contributed by atoms with Crippen LogP contribution in [0.5, 0.6) is 0 Å².